The van der Waals surface area contributed by atoms with Gasteiger partial charge in [0, 0.05) is 5.92 Å². The molecule has 0 aliphatic heterocycles. The van der Waals surface area contributed by atoms with E-state index in [1.807, 2.05) is 24.3 Å². The SMILES string of the molecule is C[C@H](NCC(=O)OCC1c2ccccc2-c2ccccc21)C(=O)CO. The summed E-state index contributed by atoms with van der Waals surface area (Å²) in [5, 5.41) is 11.6. The molecule has 5 heteroatoms. The van der Waals surface area contributed by atoms with Crippen LogP contribution in [0.2, 0.25) is 0 Å². The van der Waals surface area contributed by atoms with Gasteiger partial charge in [0.1, 0.15) is 13.2 Å². The number of aliphatic hydroxyl groups is 1. The molecule has 2 aromatic rings. The normalized spacial score (nSPS) is 13.8. The van der Waals surface area contributed by atoms with Gasteiger partial charge in [-0.15, -0.1) is 0 Å². The van der Waals surface area contributed by atoms with Gasteiger partial charge in [-0.05, 0) is 29.2 Å². The monoisotopic (exact) mass is 339 g/mol. The molecule has 25 heavy (non-hydrogen) atoms. The Balaban J connectivity index is 1.64. The average molecular weight is 339 g/mol. The fraction of sp³-hybridized carbons (Fsp3) is 0.300. The van der Waals surface area contributed by atoms with Crippen LogP contribution in [0.15, 0.2) is 48.5 Å². The summed E-state index contributed by atoms with van der Waals surface area (Å²) < 4.78 is 5.43. The van der Waals surface area contributed by atoms with Crippen molar-refractivity contribution in [3.05, 3.63) is 59.7 Å². The van der Waals surface area contributed by atoms with E-state index in [1.54, 1.807) is 6.92 Å². The summed E-state index contributed by atoms with van der Waals surface area (Å²) in [7, 11) is 0. The van der Waals surface area contributed by atoms with Crippen LogP contribution < -0.4 is 5.32 Å². The van der Waals surface area contributed by atoms with Gasteiger partial charge in [-0.1, -0.05) is 48.5 Å². The molecule has 0 amide bonds. The van der Waals surface area contributed by atoms with E-state index in [-0.39, 0.29) is 24.9 Å². The third-order valence-electron chi connectivity index (χ3n) is 4.56. The number of benzene rings is 2. The van der Waals surface area contributed by atoms with Gasteiger partial charge in [-0.2, -0.15) is 0 Å². The summed E-state index contributed by atoms with van der Waals surface area (Å²) >= 11 is 0. The third kappa shape index (κ3) is 3.62. The quantitative estimate of drug-likeness (QED) is 0.754. The Labute approximate surface area is 146 Å². The van der Waals surface area contributed by atoms with Gasteiger partial charge in [-0.3, -0.25) is 14.9 Å². The van der Waals surface area contributed by atoms with Gasteiger partial charge < -0.3 is 9.84 Å². The maximum absolute atomic E-state index is 12.0. The molecule has 3 rings (SSSR count). The van der Waals surface area contributed by atoms with Gasteiger partial charge in [0.05, 0.1) is 12.6 Å². The first kappa shape index (κ1) is 17.3. The maximum atomic E-state index is 12.0. The van der Waals surface area contributed by atoms with Crippen LogP contribution in [0, 0.1) is 0 Å². The molecule has 0 fully saturated rings. The lowest BCUT2D eigenvalue weighted by Crippen LogP contribution is -2.39. The highest BCUT2D eigenvalue weighted by molar-refractivity contribution is 5.85. The number of Topliss-reactive ketones (excluding diaryl/α,β-unsaturated/α-hetero) is 1. The standard InChI is InChI=1S/C20H21NO4/c1-13(19(23)11-22)21-10-20(24)25-12-18-16-8-4-2-6-14(16)15-7-3-5-9-17(15)18/h2-9,13,18,21-22H,10-12H2,1H3/t13-/m0/s1. The molecule has 0 bridgehead atoms. The number of nitrogens with one attached hydrogen (secondary N) is 1. The zero-order valence-corrected chi connectivity index (χ0v) is 14.1. The number of ketones is 1. The van der Waals surface area contributed by atoms with E-state index >= 15 is 0 Å². The summed E-state index contributed by atoms with van der Waals surface area (Å²) in [6, 6.07) is 15.7. The summed E-state index contributed by atoms with van der Waals surface area (Å²) in [5.74, 6) is -0.751. The molecule has 1 atom stereocenters. The highest BCUT2D eigenvalue weighted by Crippen LogP contribution is 2.44. The topological polar surface area (TPSA) is 75.6 Å². The van der Waals surface area contributed by atoms with E-state index < -0.39 is 18.6 Å². The second-order valence-electron chi connectivity index (χ2n) is 6.14. The van der Waals surface area contributed by atoms with Gasteiger partial charge in [0.25, 0.3) is 0 Å². The molecule has 0 spiro atoms. The van der Waals surface area contributed by atoms with Crippen LogP contribution in [-0.2, 0) is 14.3 Å². The summed E-state index contributed by atoms with van der Waals surface area (Å²) in [6.07, 6.45) is 0. The summed E-state index contributed by atoms with van der Waals surface area (Å²) in [5.41, 5.74) is 4.68. The van der Waals surface area contributed by atoms with Crippen LogP contribution in [0.25, 0.3) is 11.1 Å². The Morgan fingerprint density at radius 3 is 2.20 bits per heavy atom. The average Bonchev–Trinajstić information content (AvgIpc) is 2.97. The van der Waals surface area contributed by atoms with E-state index in [4.69, 9.17) is 9.84 Å². The minimum absolute atomic E-state index is 0.0212. The molecule has 2 N–H and O–H groups in total. The molecule has 0 saturated carbocycles. The molecule has 1 aliphatic carbocycles. The lowest BCUT2D eigenvalue weighted by molar-refractivity contribution is -0.143. The minimum atomic E-state index is -0.578. The number of carbonyl (C=O) groups excluding carboxylic acids is 2. The van der Waals surface area contributed by atoms with Gasteiger partial charge in [-0.25, -0.2) is 0 Å². The molecular formula is C20H21NO4. The maximum Gasteiger partial charge on any atom is 0.319 e. The highest BCUT2D eigenvalue weighted by atomic mass is 16.5. The van der Waals surface area contributed by atoms with Gasteiger partial charge in [0.2, 0.25) is 0 Å². The summed E-state index contributed by atoms with van der Waals surface area (Å²) in [6.45, 7) is 1.26. The summed E-state index contributed by atoms with van der Waals surface area (Å²) in [4.78, 5) is 23.3. The van der Waals surface area contributed by atoms with Crippen LogP contribution >= 0.6 is 0 Å². The third-order valence-corrected chi connectivity index (χ3v) is 4.56. The Morgan fingerprint density at radius 2 is 1.64 bits per heavy atom. The minimum Gasteiger partial charge on any atom is -0.464 e. The number of hydrogen-bond donors (Lipinski definition) is 2. The second kappa shape index (κ2) is 7.59. The number of esters is 1. The van der Waals surface area contributed by atoms with Crippen molar-refractivity contribution in [2.24, 2.45) is 0 Å². The van der Waals surface area contributed by atoms with E-state index in [0.29, 0.717) is 0 Å². The Kier molecular flexibility index (Phi) is 5.26. The molecule has 130 valence electrons. The van der Waals surface area contributed by atoms with Gasteiger partial charge in [0.15, 0.2) is 5.78 Å². The predicted molar refractivity (Wildman–Crippen MR) is 94.2 cm³/mol. The smallest absolute Gasteiger partial charge is 0.319 e. The van der Waals surface area contributed by atoms with E-state index in [9.17, 15) is 9.59 Å². The van der Waals surface area contributed by atoms with E-state index in [2.05, 4.69) is 29.6 Å². The van der Waals surface area contributed by atoms with Crippen LogP contribution in [-0.4, -0.2) is 42.7 Å². The molecular weight excluding hydrogens is 318 g/mol. The second-order valence-corrected chi connectivity index (χ2v) is 6.14. The number of ether oxygens (including phenoxy) is 1. The molecule has 0 saturated heterocycles. The first-order valence-corrected chi connectivity index (χ1v) is 8.32. The molecule has 0 aromatic heterocycles. The lowest BCUT2D eigenvalue weighted by Gasteiger charge is -2.15. The molecule has 5 nitrogen and oxygen atoms in total. The molecule has 2 aromatic carbocycles. The molecule has 1 aliphatic rings. The zero-order chi connectivity index (χ0) is 17.8. The van der Waals surface area contributed by atoms with Crippen molar-refractivity contribution < 1.29 is 19.4 Å². The number of fused-ring (bicyclic) bond motifs is 3. The van der Waals surface area contributed by atoms with Crippen LogP contribution in [0.1, 0.15) is 24.0 Å². The fourth-order valence-electron chi connectivity index (χ4n) is 3.15. The van der Waals surface area contributed by atoms with E-state index in [1.165, 1.54) is 11.1 Å². The molecule has 0 radical (unpaired) electrons. The number of hydrogen-bond acceptors (Lipinski definition) is 5. The molecule has 0 heterocycles. The highest BCUT2D eigenvalue weighted by Gasteiger charge is 2.29. The Morgan fingerprint density at radius 1 is 1.08 bits per heavy atom. The van der Waals surface area contributed by atoms with Crippen LogP contribution in [0.3, 0.4) is 0 Å². The Bertz CT molecular complexity index is 741. The van der Waals surface area contributed by atoms with Crippen molar-refractivity contribution in [2.75, 3.05) is 19.8 Å². The van der Waals surface area contributed by atoms with Crippen LogP contribution in [0.5, 0.6) is 0 Å². The predicted octanol–water partition coefficient (Wildman–Crippen LogP) is 1.88. The number of aliphatic hydroxyl groups excluding tert-OH is 1. The number of rotatable bonds is 7. The van der Waals surface area contributed by atoms with Crippen molar-refractivity contribution in [3.8, 4) is 11.1 Å². The first-order valence-electron chi connectivity index (χ1n) is 8.32. The zero-order valence-electron chi connectivity index (χ0n) is 14.1. The lowest BCUT2D eigenvalue weighted by atomic mass is 9.98. The van der Waals surface area contributed by atoms with Crippen molar-refractivity contribution in [3.63, 3.8) is 0 Å². The first-order chi connectivity index (χ1) is 12.1. The van der Waals surface area contributed by atoms with Crippen molar-refractivity contribution >= 4 is 11.8 Å². The van der Waals surface area contributed by atoms with Crippen LogP contribution in [0.4, 0.5) is 0 Å². The molecule has 0 unspecified atom stereocenters. The fourth-order valence-corrected chi connectivity index (χ4v) is 3.15. The van der Waals surface area contributed by atoms with Crippen molar-refractivity contribution in [1.29, 1.82) is 0 Å². The largest absolute Gasteiger partial charge is 0.464 e. The number of carbonyl (C=O) groups is 2. The van der Waals surface area contributed by atoms with E-state index in [0.717, 1.165) is 11.1 Å². The Hall–Kier alpha value is -2.50. The van der Waals surface area contributed by atoms with Crippen molar-refractivity contribution in [1.82, 2.24) is 5.32 Å². The van der Waals surface area contributed by atoms with Crippen molar-refractivity contribution in [2.45, 2.75) is 18.9 Å². The van der Waals surface area contributed by atoms with Gasteiger partial charge >= 0.3 is 5.97 Å².